The van der Waals surface area contributed by atoms with Crippen molar-refractivity contribution in [2.75, 3.05) is 18.1 Å². The van der Waals surface area contributed by atoms with Gasteiger partial charge in [0.1, 0.15) is 0 Å². The molecular weight excluding hydrogens is 212 g/mol. The fraction of sp³-hybridized carbons (Fsp3) is 0.900. The van der Waals surface area contributed by atoms with Gasteiger partial charge in [0, 0.05) is 18.1 Å². The number of carbonyl (C=O) groups is 1. The Labute approximate surface area is 95.3 Å². The molecule has 1 heterocycles. The predicted octanol–water partition coefficient (Wildman–Crippen LogP) is 0.915. The maximum Gasteiger partial charge on any atom is 0.240 e. The first-order valence-electron chi connectivity index (χ1n) is 5.26. The molecule has 4 nitrogen and oxygen atoms in total. The second-order valence-corrected chi connectivity index (χ2v) is 5.54. The Bertz CT molecular complexity index is 215. The van der Waals surface area contributed by atoms with Crippen LogP contribution in [0.4, 0.5) is 0 Å². The summed E-state index contributed by atoms with van der Waals surface area (Å²) in [7, 11) is 0. The third-order valence-corrected chi connectivity index (χ3v) is 4.07. The number of hydrazine groups is 1. The van der Waals surface area contributed by atoms with Gasteiger partial charge in [-0.15, -0.1) is 0 Å². The Kier molecular flexibility index (Phi) is 4.89. The van der Waals surface area contributed by atoms with Crippen LogP contribution >= 0.6 is 11.8 Å². The molecule has 0 spiro atoms. The Hall–Kier alpha value is -0.260. The highest BCUT2D eigenvalue weighted by Crippen LogP contribution is 2.24. The summed E-state index contributed by atoms with van der Waals surface area (Å²) < 4.78 is 5.51. The zero-order valence-electron chi connectivity index (χ0n) is 9.41. The fourth-order valence-electron chi connectivity index (χ4n) is 1.48. The molecule has 5 heteroatoms. The number of thioether (sulfide) groups is 1. The molecule has 0 radical (unpaired) electrons. The highest BCUT2D eigenvalue weighted by atomic mass is 32.2. The van der Waals surface area contributed by atoms with Crippen molar-refractivity contribution >= 4 is 17.7 Å². The van der Waals surface area contributed by atoms with Gasteiger partial charge in [-0.2, -0.15) is 11.8 Å². The van der Waals surface area contributed by atoms with Crippen LogP contribution < -0.4 is 11.3 Å². The fourth-order valence-corrected chi connectivity index (χ4v) is 2.77. The molecule has 0 aliphatic carbocycles. The average molecular weight is 232 g/mol. The average Bonchev–Trinajstić information content (AvgIpc) is 2.69. The second-order valence-electron chi connectivity index (χ2n) is 4.51. The van der Waals surface area contributed by atoms with Gasteiger partial charge >= 0.3 is 0 Å². The van der Waals surface area contributed by atoms with Crippen molar-refractivity contribution in [2.24, 2.45) is 11.3 Å². The molecule has 3 N–H and O–H groups in total. The van der Waals surface area contributed by atoms with Crippen LogP contribution in [-0.4, -0.2) is 30.1 Å². The molecule has 1 unspecified atom stereocenters. The van der Waals surface area contributed by atoms with Gasteiger partial charge in [0.15, 0.2) is 0 Å². The molecular formula is C10H20N2O2S. The summed E-state index contributed by atoms with van der Waals surface area (Å²) in [6.45, 7) is 4.69. The molecule has 1 aliphatic heterocycles. The van der Waals surface area contributed by atoms with Crippen molar-refractivity contribution < 1.29 is 9.53 Å². The summed E-state index contributed by atoms with van der Waals surface area (Å²) in [5.74, 6) is 6.76. The molecule has 88 valence electrons. The lowest BCUT2D eigenvalue weighted by Gasteiger charge is -2.22. The van der Waals surface area contributed by atoms with E-state index in [9.17, 15) is 4.79 Å². The Balaban J connectivity index is 2.20. The van der Waals surface area contributed by atoms with Gasteiger partial charge in [-0.3, -0.25) is 10.2 Å². The van der Waals surface area contributed by atoms with E-state index in [4.69, 9.17) is 10.6 Å². The molecule has 1 amide bonds. The minimum Gasteiger partial charge on any atom is -0.377 e. The highest BCUT2D eigenvalue weighted by Gasteiger charge is 2.27. The largest absolute Gasteiger partial charge is 0.377 e. The third-order valence-electron chi connectivity index (χ3n) is 2.54. The van der Waals surface area contributed by atoms with Gasteiger partial charge in [-0.1, -0.05) is 13.8 Å². The van der Waals surface area contributed by atoms with E-state index in [1.807, 2.05) is 13.8 Å². The molecule has 0 aromatic rings. The van der Waals surface area contributed by atoms with Crippen molar-refractivity contribution in [3.63, 3.8) is 0 Å². The molecule has 1 aliphatic rings. The zero-order chi connectivity index (χ0) is 11.3. The predicted molar refractivity (Wildman–Crippen MR) is 62.4 cm³/mol. The van der Waals surface area contributed by atoms with Gasteiger partial charge in [0.05, 0.1) is 11.5 Å². The van der Waals surface area contributed by atoms with E-state index in [1.165, 1.54) is 0 Å². The van der Waals surface area contributed by atoms with E-state index < -0.39 is 5.41 Å². The van der Waals surface area contributed by atoms with Crippen LogP contribution in [0.1, 0.15) is 26.7 Å². The number of hydrogen-bond acceptors (Lipinski definition) is 4. The van der Waals surface area contributed by atoms with E-state index >= 15 is 0 Å². The van der Waals surface area contributed by atoms with Crippen LogP contribution in [0.3, 0.4) is 0 Å². The Morgan fingerprint density at radius 2 is 2.40 bits per heavy atom. The molecule has 1 saturated heterocycles. The maximum absolute atomic E-state index is 11.4. The first-order valence-corrected chi connectivity index (χ1v) is 6.42. The molecule has 1 atom stereocenters. The Morgan fingerprint density at radius 1 is 1.67 bits per heavy atom. The number of rotatable bonds is 5. The zero-order valence-corrected chi connectivity index (χ0v) is 10.2. The van der Waals surface area contributed by atoms with Crippen molar-refractivity contribution in [1.82, 2.24) is 5.43 Å². The lowest BCUT2D eigenvalue weighted by molar-refractivity contribution is -0.128. The minimum atomic E-state index is -0.405. The quantitative estimate of drug-likeness (QED) is 0.420. The topological polar surface area (TPSA) is 64.3 Å². The summed E-state index contributed by atoms with van der Waals surface area (Å²) in [5, 5.41) is 0. The monoisotopic (exact) mass is 232 g/mol. The first-order chi connectivity index (χ1) is 7.06. The molecule has 0 saturated carbocycles. The summed E-state index contributed by atoms with van der Waals surface area (Å²) in [5.41, 5.74) is 1.80. The van der Waals surface area contributed by atoms with Gasteiger partial charge in [-0.25, -0.2) is 5.84 Å². The number of carbonyl (C=O) groups excluding carboxylic acids is 1. The Morgan fingerprint density at radius 3 is 2.93 bits per heavy atom. The van der Waals surface area contributed by atoms with Crippen LogP contribution in [0.15, 0.2) is 0 Å². The number of hydrogen-bond donors (Lipinski definition) is 2. The minimum absolute atomic E-state index is 0.109. The van der Waals surface area contributed by atoms with Crippen molar-refractivity contribution in [3.05, 3.63) is 0 Å². The van der Waals surface area contributed by atoms with Crippen molar-refractivity contribution in [2.45, 2.75) is 32.8 Å². The van der Waals surface area contributed by atoms with Crippen LogP contribution in [0.25, 0.3) is 0 Å². The van der Waals surface area contributed by atoms with Crippen molar-refractivity contribution in [3.8, 4) is 0 Å². The molecule has 1 rings (SSSR count). The summed E-state index contributed by atoms with van der Waals surface area (Å²) in [4.78, 5) is 11.4. The lowest BCUT2D eigenvalue weighted by atomic mass is 9.96. The van der Waals surface area contributed by atoms with Gasteiger partial charge in [0.2, 0.25) is 5.91 Å². The van der Waals surface area contributed by atoms with Gasteiger partial charge < -0.3 is 4.74 Å². The first kappa shape index (κ1) is 12.8. The maximum atomic E-state index is 11.4. The number of nitrogens with two attached hydrogens (primary N) is 1. The second kappa shape index (κ2) is 5.72. The molecule has 1 fully saturated rings. The van der Waals surface area contributed by atoms with E-state index in [0.29, 0.717) is 6.10 Å². The molecule has 0 aromatic heterocycles. The van der Waals surface area contributed by atoms with Gasteiger partial charge in [-0.05, 0) is 12.8 Å². The van der Waals surface area contributed by atoms with Crippen LogP contribution in [-0.2, 0) is 9.53 Å². The number of nitrogens with one attached hydrogen (secondary N) is 1. The van der Waals surface area contributed by atoms with E-state index in [1.54, 1.807) is 11.8 Å². The van der Waals surface area contributed by atoms with E-state index in [-0.39, 0.29) is 5.91 Å². The van der Waals surface area contributed by atoms with Crippen molar-refractivity contribution in [1.29, 1.82) is 0 Å². The SMILES string of the molecule is CC(C)(CSCC1CCCO1)C(=O)NN. The van der Waals surface area contributed by atoms with Crippen LogP contribution in [0.5, 0.6) is 0 Å². The molecule has 0 bridgehead atoms. The van der Waals surface area contributed by atoms with Gasteiger partial charge in [0.25, 0.3) is 0 Å². The summed E-state index contributed by atoms with van der Waals surface area (Å²) in [6.07, 6.45) is 2.70. The highest BCUT2D eigenvalue weighted by molar-refractivity contribution is 7.99. The molecule has 15 heavy (non-hydrogen) atoms. The molecule has 0 aromatic carbocycles. The van der Waals surface area contributed by atoms with E-state index in [0.717, 1.165) is 31.0 Å². The summed E-state index contributed by atoms with van der Waals surface area (Å²) >= 11 is 1.76. The third kappa shape index (κ3) is 4.01. The smallest absolute Gasteiger partial charge is 0.240 e. The number of ether oxygens (including phenoxy) is 1. The number of amides is 1. The van der Waals surface area contributed by atoms with Crippen LogP contribution in [0.2, 0.25) is 0 Å². The summed E-state index contributed by atoms with van der Waals surface area (Å²) in [6, 6.07) is 0. The standard InChI is InChI=1S/C10H20N2O2S/c1-10(2,9(13)12-11)7-15-6-8-4-3-5-14-8/h8H,3-7,11H2,1-2H3,(H,12,13). The van der Waals surface area contributed by atoms with E-state index in [2.05, 4.69) is 5.43 Å². The normalized spacial score (nSPS) is 21.7. The lowest BCUT2D eigenvalue weighted by Crippen LogP contribution is -2.42. The van der Waals surface area contributed by atoms with Crippen LogP contribution in [0, 0.1) is 5.41 Å².